The second-order valence-electron chi connectivity index (χ2n) is 24.0. The first-order valence-corrected chi connectivity index (χ1v) is 25.0. The van der Waals surface area contributed by atoms with Gasteiger partial charge in [0.2, 0.25) is 0 Å². The lowest BCUT2D eigenvalue weighted by Gasteiger charge is -2.65. The molecular formula is C48H82O20. The molecule has 0 bridgehead atoms. The summed E-state index contributed by atoms with van der Waals surface area (Å²) in [4.78, 5) is 0. The summed E-state index contributed by atoms with van der Waals surface area (Å²) in [5.41, 5.74) is -3.56. The number of hydrogen-bond donors (Lipinski definition) is 14. The van der Waals surface area contributed by atoms with Crippen molar-refractivity contribution in [3.05, 3.63) is 0 Å². The molecule has 0 aromatic carbocycles. The van der Waals surface area contributed by atoms with Crippen molar-refractivity contribution >= 4 is 0 Å². The van der Waals surface area contributed by atoms with E-state index in [0.717, 1.165) is 19.3 Å². The van der Waals surface area contributed by atoms with Crippen LogP contribution >= 0.6 is 0 Å². The van der Waals surface area contributed by atoms with E-state index in [1.807, 2.05) is 0 Å². The molecule has 14 N–H and O–H groups in total. The maximum absolute atomic E-state index is 12.3. The van der Waals surface area contributed by atoms with Crippen LogP contribution in [0, 0.1) is 50.7 Å². The molecule has 3 saturated heterocycles. The van der Waals surface area contributed by atoms with Crippen molar-refractivity contribution in [3.8, 4) is 0 Å². The zero-order chi connectivity index (χ0) is 50.0. The van der Waals surface area contributed by atoms with Gasteiger partial charge in [0.15, 0.2) is 18.9 Å². The Morgan fingerprint density at radius 3 is 1.62 bits per heavy atom. The fourth-order valence-corrected chi connectivity index (χ4v) is 16.1. The van der Waals surface area contributed by atoms with Crippen molar-refractivity contribution in [2.75, 3.05) is 19.8 Å². The van der Waals surface area contributed by atoms with Crippen LogP contribution in [0.15, 0.2) is 0 Å². The minimum absolute atomic E-state index is 0.0101. The number of fused-ring (bicyclic) bond motifs is 2. The van der Waals surface area contributed by atoms with Crippen LogP contribution in [0.2, 0.25) is 0 Å². The van der Waals surface area contributed by atoms with Gasteiger partial charge in [0, 0.05) is 0 Å². The second-order valence-corrected chi connectivity index (χ2v) is 24.0. The minimum Gasteiger partial charge on any atom is -0.394 e. The van der Waals surface area contributed by atoms with E-state index in [-0.39, 0.29) is 40.9 Å². The van der Waals surface area contributed by atoms with Crippen LogP contribution < -0.4 is 0 Å². The van der Waals surface area contributed by atoms with Crippen molar-refractivity contribution < 1.29 is 99.9 Å². The standard InChI is InChI=1S/C48H82O20/c1-20(8-9-28(44(4,5)62)68-42-38(61)35(58)32(55)25(18-51)66-42)29-21(52)15-46(7)26-14-22(63-40-36(59)33(56)30(53)23(16-49)64-40)39-43(2,3)27(67-41-37(60)34(57)31(54)24(17-50)65-41)10-11-48(39)19-47(26,48)13-12-45(29,46)6/h20-42,49-62H,8-19H2,1-7H3. The molecule has 0 aromatic heterocycles. The molecule has 27 unspecified atom stereocenters. The molecule has 0 amide bonds. The lowest BCUT2D eigenvalue weighted by Crippen LogP contribution is -2.65. The fraction of sp³-hybridized carbons (Fsp3) is 1.00. The molecule has 20 heteroatoms. The lowest BCUT2D eigenvalue weighted by atomic mass is 9.41. The van der Waals surface area contributed by atoms with E-state index in [2.05, 4.69) is 34.6 Å². The van der Waals surface area contributed by atoms with Crippen molar-refractivity contribution in [2.24, 2.45) is 50.7 Å². The number of ether oxygens (including phenoxy) is 6. The van der Waals surface area contributed by atoms with E-state index >= 15 is 0 Å². The largest absolute Gasteiger partial charge is 0.394 e. The molecule has 3 heterocycles. The van der Waals surface area contributed by atoms with Gasteiger partial charge in [-0.25, -0.2) is 0 Å². The average molecular weight is 979 g/mol. The Bertz CT molecular complexity index is 1750. The van der Waals surface area contributed by atoms with Gasteiger partial charge in [-0.05, 0) is 122 Å². The van der Waals surface area contributed by atoms with Crippen LogP contribution in [-0.4, -0.2) is 213 Å². The maximum Gasteiger partial charge on any atom is 0.187 e. The number of rotatable bonds is 14. The highest BCUT2D eigenvalue weighted by atomic mass is 16.7. The quantitative estimate of drug-likeness (QED) is 0.0818. The zero-order valence-corrected chi connectivity index (χ0v) is 40.5. The summed E-state index contributed by atoms with van der Waals surface area (Å²) in [6.07, 6.45) is -19.8. The smallest absolute Gasteiger partial charge is 0.187 e. The van der Waals surface area contributed by atoms with E-state index in [1.54, 1.807) is 13.8 Å². The first kappa shape index (κ1) is 53.5. The normalized spacial score (nSPS) is 54.2. The van der Waals surface area contributed by atoms with Gasteiger partial charge in [-0.3, -0.25) is 0 Å². The van der Waals surface area contributed by atoms with E-state index in [9.17, 15) is 71.5 Å². The maximum atomic E-state index is 12.3. The lowest BCUT2D eigenvalue weighted by molar-refractivity contribution is -0.345. The topological polar surface area (TPSA) is 339 Å². The summed E-state index contributed by atoms with van der Waals surface area (Å²) in [5, 5.41) is 150. The van der Waals surface area contributed by atoms with Gasteiger partial charge in [-0.2, -0.15) is 0 Å². The van der Waals surface area contributed by atoms with Crippen LogP contribution in [0.5, 0.6) is 0 Å². The van der Waals surface area contributed by atoms with Crippen molar-refractivity contribution in [3.63, 3.8) is 0 Å². The van der Waals surface area contributed by atoms with E-state index in [1.165, 1.54) is 0 Å². The summed E-state index contributed by atoms with van der Waals surface area (Å²) < 4.78 is 37.1. The predicted octanol–water partition coefficient (Wildman–Crippen LogP) is -2.25. The molecule has 3 aliphatic heterocycles. The molecule has 68 heavy (non-hydrogen) atoms. The fourth-order valence-electron chi connectivity index (χ4n) is 16.1. The Labute approximate surface area is 398 Å². The first-order chi connectivity index (χ1) is 31.7. The summed E-state index contributed by atoms with van der Waals surface area (Å²) in [7, 11) is 0. The Morgan fingerprint density at radius 1 is 0.603 bits per heavy atom. The van der Waals surface area contributed by atoms with Gasteiger partial charge in [0.05, 0.1) is 49.8 Å². The Kier molecular flexibility index (Phi) is 14.8. The average Bonchev–Trinajstić information content (AvgIpc) is 3.88. The van der Waals surface area contributed by atoms with Gasteiger partial charge >= 0.3 is 0 Å². The Balaban J connectivity index is 1.07. The summed E-state index contributed by atoms with van der Waals surface area (Å²) >= 11 is 0. The Hall–Kier alpha value is -0.800. The summed E-state index contributed by atoms with van der Waals surface area (Å²) in [5.74, 6) is -0.590. The highest BCUT2D eigenvalue weighted by Gasteiger charge is 2.85. The molecule has 394 valence electrons. The number of aliphatic hydroxyl groups is 14. The molecule has 20 nitrogen and oxygen atoms in total. The van der Waals surface area contributed by atoms with E-state index in [0.29, 0.717) is 32.1 Å². The molecule has 0 radical (unpaired) electrons. The molecule has 5 saturated carbocycles. The predicted molar refractivity (Wildman–Crippen MR) is 234 cm³/mol. The highest BCUT2D eigenvalue weighted by Crippen LogP contribution is 2.89. The Morgan fingerprint density at radius 2 is 1.10 bits per heavy atom. The van der Waals surface area contributed by atoms with Gasteiger partial charge < -0.3 is 99.9 Å². The summed E-state index contributed by atoms with van der Waals surface area (Å²) in [6.45, 7) is 12.0. The molecule has 8 fully saturated rings. The number of hydrogen-bond acceptors (Lipinski definition) is 20. The molecule has 2 spiro atoms. The van der Waals surface area contributed by atoms with Crippen LogP contribution in [0.1, 0.15) is 106 Å². The van der Waals surface area contributed by atoms with Crippen LogP contribution in [0.3, 0.4) is 0 Å². The second kappa shape index (κ2) is 18.8. The van der Waals surface area contributed by atoms with Crippen LogP contribution in [0.25, 0.3) is 0 Å². The van der Waals surface area contributed by atoms with E-state index in [4.69, 9.17) is 28.4 Å². The molecular weight excluding hydrogens is 897 g/mol. The molecule has 8 rings (SSSR count). The highest BCUT2D eigenvalue weighted by molar-refractivity contribution is 5.33. The van der Waals surface area contributed by atoms with Crippen molar-refractivity contribution in [2.45, 2.75) is 228 Å². The monoisotopic (exact) mass is 979 g/mol. The van der Waals surface area contributed by atoms with Gasteiger partial charge in [0.1, 0.15) is 73.2 Å². The molecule has 27 atom stereocenters. The third-order valence-electron chi connectivity index (χ3n) is 19.8. The van der Waals surface area contributed by atoms with Gasteiger partial charge in [-0.1, -0.05) is 34.6 Å². The third kappa shape index (κ3) is 8.28. The van der Waals surface area contributed by atoms with Crippen molar-refractivity contribution in [1.82, 2.24) is 0 Å². The van der Waals surface area contributed by atoms with Crippen molar-refractivity contribution in [1.29, 1.82) is 0 Å². The van der Waals surface area contributed by atoms with Gasteiger partial charge in [0.25, 0.3) is 0 Å². The summed E-state index contributed by atoms with van der Waals surface area (Å²) in [6, 6.07) is 0. The zero-order valence-electron chi connectivity index (χ0n) is 40.5. The third-order valence-corrected chi connectivity index (χ3v) is 19.8. The number of aliphatic hydroxyl groups excluding tert-OH is 13. The first-order valence-electron chi connectivity index (χ1n) is 25.0. The minimum atomic E-state index is -1.67. The molecule has 5 aliphatic carbocycles. The molecule has 8 aliphatic rings. The van der Waals surface area contributed by atoms with Crippen LogP contribution in [0.4, 0.5) is 0 Å². The SMILES string of the molecule is CC(CCC(OC1OC(CO)C(O)C(O)C1O)C(C)(C)O)C1C(O)CC2(C)C3CC(OC4OC(CO)C(O)C(O)C4O)C4C(C)(C)C(OC5OC(CO)C(O)C(O)C5O)CCC45CC35CCC12C. The van der Waals surface area contributed by atoms with Crippen LogP contribution in [-0.2, 0) is 28.4 Å². The van der Waals surface area contributed by atoms with E-state index < -0.39 is 158 Å². The molecule has 0 aromatic rings. The van der Waals surface area contributed by atoms with Gasteiger partial charge in [-0.15, -0.1) is 0 Å².